The minimum atomic E-state index is -3.35. The molecule has 0 aliphatic heterocycles. The standard InChI is InChI=1S/C18H20N2O5.C6H5FO2S2/c1-12(10-13-6-4-3-5-7-13)25-15(21)11-20-18(23)16-17(22)14(24-2)8-9-19-16;7-5-1-3-6(4-2-5)11(8,9)10/h3-9,12,22H,10-11H2,1-2H3,(H,20,23);1-4H,(H,8,9,10). The van der Waals surface area contributed by atoms with Crippen LogP contribution in [0.25, 0.3) is 0 Å². The summed E-state index contributed by atoms with van der Waals surface area (Å²) in [5, 5.41) is 12.2. The summed E-state index contributed by atoms with van der Waals surface area (Å²) in [4.78, 5) is 27.7. The number of aromatic hydroxyl groups is 1. The van der Waals surface area contributed by atoms with Crippen molar-refractivity contribution in [3.63, 3.8) is 0 Å². The second-order valence-corrected chi connectivity index (χ2v) is 10.1. The first-order valence-corrected chi connectivity index (χ1v) is 12.9. The average Bonchev–Trinajstić information content (AvgIpc) is 2.83. The molecule has 0 saturated heterocycles. The summed E-state index contributed by atoms with van der Waals surface area (Å²) in [6.45, 7) is 1.46. The van der Waals surface area contributed by atoms with Crippen molar-refractivity contribution >= 4 is 31.8 Å². The van der Waals surface area contributed by atoms with E-state index in [2.05, 4.69) is 21.5 Å². The van der Waals surface area contributed by atoms with Gasteiger partial charge in [0.15, 0.2) is 26.0 Å². The summed E-state index contributed by atoms with van der Waals surface area (Å²) >= 11 is 4.26. The van der Waals surface area contributed by atoms with Crippen LogP contribution >= 0.6 is 0 Å². The molecule has 36 heavy (non-hydrogen) atoms. The molecule has 2 atom stereocenters. The number of esters is 1. The van der Waals surface area contributed by atoms with Crippen molar-refractivity contribution in [3.8, 4) is 11.5 Å². The maximum atomic E-state index is 12.3. The Morgan fingerprint density at radius 2 is 1.78 bits per heavy atom. The quantitative estimate of drug-likeness (QED) is 0.371. The number of ether oxygens (including phenoxy) is 2. The number of aromatic nitrogens is 1. The second kappa shape index (κ2) is 13.5. The van der Waals surface area contributed by atoms with Crippen molar-refractivity contribution in [2.45, 2.75) is 24.3 Å². The number of halogens is 1. The Morgan fingerprint density at radius 3 is 2.36 bits per heavy atom. The Kier molecular flexibility index (Phi) is 10.7. The van der Waals surface area contributed by atoms with Crippen molar-refractivity contribution in [2.75, 3.05) is 13.7 Å². The number of carbonyl (C=O) groups is 2. The highest BCUT2D eigenvalue weighted by Gasteiger charge is 2.18. The maximum Gasteiger partial charge on any atom is 0.325 e. The number of benzene rings is 2. The highest BCUT2D eigenvalue weighted by Crippen LogP contribution is 2.27. The number of amides is 1. The van der Waals surface area contributed by atoms with Gasteiger partial charge in [-0.2, -0.15) is 0 Å². The lowest BCUT2D eigenvalue weighted by molar-refractivity contribution is -0.146. The highest BCUT2D eigenvalue weighted by molar-refractivity contribution is 8.29. The Bertz CT molecular complexity index is 1270. The Morgan fingerprint density at radius 1 is 1.14 bits per heavy atom. The van der Waals surface area contributed by atoms with Gasteiger partial charge >= 0.3 is 5.97 Å². The van der Waals surface area contributed by atoms with E-state index in [1.807, 2.05) is 30.3 Å². The molecule has 0 bridgehead atoms. The van der Waals surface area contributed by atoms with Gasteiger partial charge in [0.1, 0.15) is 18.5 Å². The number of methoxy groups -OCH3 is 1. The Hall–Kier alpha value is -3.61. The van der Waals surface area contributed by atoms with Crippen LogP contribution in [0.5, 0.6) is 11.5 Å². The molecule has 0 spiro atoms. The minimum Gasteiger partial charge on any atom is -0.503 e. The summed E-state index contributed by atoms with van der Waals surface area (Å²) in [5.74, 6) is -1.97. The van der Waals surface area contributed by atoms with Crippen LogP contribution in [0.15, 0.2) is 71.8 Å². The SMILES string of the molecule is COc1ccnc(C(=O)NCC(=O)OC(C)Cc2ccccc2)c1O.O=S(O)(=S)c1ccc(F)cc1. The number of nitrogens with zero attached hydrogens (tertiary/aromatic N) is 1. The van der Waals surface area contributed by atoms with Crippen molar-refractivity contribution in [3.05, 3.63) is 83.9 Å². The minimum absolute atomic E-state index is 0.0638. The van der Waals surface area contributed by atoms with E-state index in [9.17, 15) is 23.3 Å². The van der Waals surface area contributed by atoms with E-state index < -0.39 is 26.5 Å². The zero-order valence-electron chi connectivity index (χ0n) is 19.4. The zero-order chi connectivity index (χ0) is 26.7. The van der Waals surface area contributed by atoms with Gasteiger partial charge in [0.2, 0.25) is 0 Å². The maximum absolute atomic E-state index is 12.3. The van der Waals surface area contributed by atoms with Gasteiger partial charge in [0.25, 0.3) is 5.91 Å². The third-order valence-corrected chi connectivity index (χ3v) is 5.97. The van der Waals surface area contributed by atoms with Gasteiger partial charge in [0.05, 0.1) is 12.0 Å². The molecular formula is C24H25FN2O7S2. The zero-order valence-corrected chi connectivity index (χ0v) is 21.1. The van der Waals surface area contributed by atoms with E-state index in [0.717, 1.165) is 17.7 Å². The summed E-state index contributed by atoms with van der Waals surface area (Å²) in [6, 6.07) is 15.6. The molecule has 0 aliphatic carbocycles. The van der Waals surface area contributed by atoms with Gasteiger partial charge in [-0.15, -0.1) is 0 Å². The first-order valence-electron chi connectivity index (χ1n) is 10.5. The molecule has 192 valence electrons. The van der Waals surface area contributed by atoms with E-state index in [0.29, 0.717) is 6.42 Å². The molecule has 12 heteroatoms. The fourth-order valence-corrected chi connectivity index (χ4v) is 3.68. The summed E-state index contributed by atoms with van der Waals surface area (Å²) in [6.07, 6.45) is 1.59. The molecule has 0 radical (unpaired) electrons. The van der Waals surface area contributed by atoms with Crippen LogP contribution in [0.1, 0.15) is 23.0 Å². The molecule has 2 unspecified atom stereocenters. The predicted molar refractivity (Wildman–Crippen MR) is 133 cm³/mol. The predicted octanol–water partition coefficient (Wildman–Crippen LogP) is 3.10. The van der Waals surface area contributed by atoms with Crippen LogP contribution in [0.4, 0.5) is 4.39 Å². The Balaban J connectivity index is 0.000000346. The van der Waals surface area contributed by atoms with Crippen molar-refractivity contribution < 1.29 is 37.3 Å². The topological polar surface area (TPSA) is 135 Å². The lowest BCUT2D eigenvalue weighted by Crippen LogP contribution is -2.33. The van der Waals surface area contributed by atoms with Crippen LogP contribution in [-0.2, 0) is 35.9 Å². The Labute approximate surface area is 212 Å². The van der Waals surface area contributed by atoms with Gasteiger partial charge in [-0.1, -0.05) is 30.3 Å². The van der Waals surface area contributed by atoms with Gasteiger partial charge in [0, 0.05) is 29.9 Å². The second-order valence-electron chi connectivity index (χ2n) is 7.31. The summed E-state index contributed by atoms with van der Waals surface area (Å²) < 4.78 is 42.0. The van der Waals surface area contributed by atoms with Gasteiger partial charge in [-0.25, -0.2) is 13.6 Å². The molecule has 1 aromatic heterocycles. The van der Waals surface area contributed by atoms with E-state index in [-0.39, 0.29) is 34.7 Å². The van der Waals surface area contributed by atoms with Crippen molar-refractivity contribution in [1.82, 2.24) is 10.3 Å². The lowest BCUT2D eigenvalue weighted by atomic mass is 10.1. The van der Waals surface area contributed by atoms with Gasteiger partial charge in [-0.05, 0) is 36.8 Å². The fourth-order valence-electron chi connectivity index (χ4n) is 2.86. The molecule has 1 heterocycles. The van der Waals surface area contributed by atoms with E-state index >= 15 is 0 Å². The molecule has 3 N–H and O–H groups in total. The van der Waals surface area contributed by atoms with Crippen LogP contribution in [0, 0.1) is 5.82 Å². The van der Waals surface area contributed by atoms with Crippen molar-refractivity contribution in [1.29, 1.82) is 0 Å². The monoisotopic (exact) mass is 536 g/mol. The molecule has 0 aliphatic rings. The van der Waals surface area contributed by atoms with Crippen LogP contribution in [-0.4, -0.2) is 50.5 Å². The molecule has 0 saturated carbocycles. The van der Waals surface area contributed by atoms with Crippen LogP contribution in [0.2, 0.25) is 0 Å². The number of nitrogens with one attached hydrogen (secondary N) is 1. The summed E-state index contributed by atoms with van der Waals surface area (Å²) in [7, 11) is -1.99. The van der Waals surface area contributed by atoms with Gasteiger partial charge < -0.3 is 24.4 Å². The molecule has 9 nitrogen and oxygen atoms in total. The molecular weight excluding hydrogens is 511 g/mol. The lowest BCUT2D eigenvalue weighted by Gasteiger charge is -2.14. The number of hydrogen-bond acceptors (Lipinski definition) is 8. The third-order valence-electron chi connectivity index (χ3n) is 4.53. The smallest absolute Gasteiger partial charge is 0.325 e. The largest absolute Gasteiger partial charge is 0.503 e. The molecule has 1 amide bonds. The summed E-state index contributed by atoms with van der Waals surface area (Å²) in [5.41, 5.74) is 0.835. The van der Waals surface area contributed by atoms with E-state index in [4.69, 9.17) is 14.0 Å². The van der Waals surface area contributed by atoms with Crippen LogP contribution in [0.3, 0.4) is 0 Å². The molecule has 3 aromatic rings. The molecule has 2 aromatic carbocycles. The first kappa shape index (κ1) is 28.6. The average molecular weight is 537 g/mol. The van der Waals surface area contributed by atoms with Crippen molar-refractivity contribution in [2.24, 2.45) is 0 Å². The first-order chi connectivity index (χ1) is 17.0. The third kappa shape index (κ3) is 9.21. The number of carbonyl (C=O) groups excluding carboxylic acids is 2. The molecule has 3 rings (SSSR count). The van der Waals surface area contributed by atoms with Crippen LogP contribution < -0.4 is 10.1 Å². The number of hydrogen-bond donors (Lipinski definition) is 3. The molecule has 0 fully saturated rings. The van der Waals surface area contributed by atoms with Gasteiger partial charge in [-0.3, -0.25) is 9.59 Å². The number of rotatable bonds is 8. The van der Waals surface area contributed by atoms with E-state index in [1.54, 1.807) is 6.92 Å². The highest BCUT2D eigenvalue weighted by atomic mass is 32.8. The normalized spacial score (nSPS) is 12.8. The van der Waals surface area contributed by atoms with E-state index in [1.165, 1.54) is 31.5 Å². The fraction of sp³-hybridized carbons (Fsp3) is 0.208. The number of pyridine rings is 1.